The number of benzene rings is 1. The lowest BCUT2D eigenvalue weighted by molar-refractivity contribution is 0.0693. The molecule has 0 amide bonds. The van der Waals surface area contributed by atoms with E-state index in [0.29, 0.717) is 12.0 Å². The first-order chi connectivity index (χ1) is 9.47. The molecule has 104 valence electrons. The maximum Gasteiger partial charge on any atom is 0.342 e. The number of aromatic carboxylic acids is 1. The first kappa shape index (κ1) is 13.7. The molecule has 0 fully saturated rings. The second kappa shape index (κ2) is 5.52. The molecule has 0 aliphatic heterocycles. The summed E-state index contributed by atoms with van der Waals surface area (Å²) < 4.78 is 14.1. The number of aromatic nitrogens is 2. The van der Waals surface area contributed by atoms with E-state index in [1.165, 1.54) is 12.1 Å². The van der Waals surface area contributed by atoms with Crippen LogP contribution in [0.4, 0.5) is 4.39 Å². The molecule has 0 bridgehead atoms. The molecule has 2 aromatic rings. The van der Waals surface area contributed by atoms with Gasteiger partial charge in [0.25, 0.3) is 5.56 Å². The minimum atomic E-state index is -1.41. The first-order valence-electron chi connectivity index (χ1n) is 5.79. The maximum atomic E-state index is 13.0. The van der Waals surface area contributed by atoms with E-state index in [9.17, 15) is 18.8 Å². The predicted octanol–water partition coefficient (Wildman–Crippen LogP) is 0.617. The van der Waals surface area contributed by atoms with E-state index in [1.807, 2.05) is 4.98 Å². The molecule has 2 N–H and O–H groups in total. The highest BCUT2D eigenvalue weighted by Gasteiger charge is 2.11. The van der Waals surface area contributed by atoms with Crippen LogP contribution in [-0.4, -0.2) is 20.6 Å². The summed E-state index contributed by atoms with van der Waals surface area (Å²) in [6.45, 7) is 0.138. The van der Waals surface area contributed by atoms with Crippen molar-refractivity contribution in [1.82, 2.24) is 9.55 Å². The van der Waals surface area contributed by atoms with Crippen molar-refractivity contribution in [3.05, 3.63) is 68.2 Å². The van der Waals surface area contributed by atoms with Crippen LogP contribution in [0.25, 0.3) is 0 Å². The summed E-state index contributed by atoms with van der Waals surface area (Å²) in [6, 6.07) is 5.87. The summed E-state index contributed by atoms with van der Waals surface area (Å²) in [6.07, 6.45) is 1.32. The summed E-state index contributed by atoms with van der Waals surface area (Å²) in [5.41, 5.74) is -1.48. The van der Waals surface area contributed by atoms with Gasteiger partial charge in [-0.05, 0) is 24.1 Å². The van der Waals surface area contributed by atoms with Gasteiger partial charge >= 0.3 is 11.7 Å². The molecule has 0 saturated heterocycles. The van der Waals surface area contributed by atoms with Gasteiger partial charge in [-0.1, -0.05) is 12.1 Å². The van der Waals surface area contributed by atoms with Gasteiger partial charge in [0.1, 0.15) is 11.4 Å². The zero-order valence-electron chi connectivity index (χ0n) is 10.3. The average Bonchev–Trinajstić information content (AvgIpc) is 2.37. The summed E-state index contributed by atoms with van der Waals surface area (Å²) >= 11 is 0. The van der Waals surface area contributed by atoms with Crippen LogP contribution in [0.15, 0.2) is 40.1 Å². The van der Waals surface area contributed by atoms with Crippen LogP contribution in [0.3, 0.4) is 0 Å². The highest BCUT2D eigenvalue weighted by molar-refractivity contribution is 5.86. The van der Waals surface area contributed by atoms with Gasteiger partial charge in [0.05, 0.1) is 0 Å². The van der Waals surface area contributed by atoms with Crippen molar-refractivity contribution in [3.8, 4) is 0 Å². The zero-order valence-corrected chi connectivity index (χ0v) is 10.3. The van der Waals surface area contributed by atoms with E-state index < -0.39 is 22.8 Å². The Morgan fingerprint density at radius 2 is 2.10 bits per heavy atom. The molecule has 0 spiro atoms. The highest BCUT2D eigenvalue weighted by Crippen LogP contribution is 2.05. The standard InChI is InChI=1S/C13H11FN2O4/c14-9-3-1-2-8(6-9)4-5-16-7-10(12(18)19)11(17)15-13(16)20/h1-3,6-7H,4-5H2,(H,18,19)(H,15,17,20). The zero-order chi connectivity index (χ0) is 14.7. The number of H-pyrrole nitrogens is 1. The van der Waals surface area contributed by atoms with Crippen LogP contribution in [-0.2, 0) is 13.0 Å². The number of rotatable bonds is 4. The van der Waals surface area contributed by atoms with E-state index in [1.54, 1.807) is 12.1 Å². The highest BCUT2D eigenvalue weighted by atomic mass is 19.1. The third-order valence-electron chi connectivity index (χ3n) is 2.77. The number of aromatic amines is 1. The van der Waals surface area contributed by atoms with Crippen LogP contribution in [0.5, 0.6) is 0 Å². The lowest BCUT2D eigenvalue weighted by Gasteiger charge is -2.06. The Labute approximate surface area is 112 Å². The number of aryl methyl sites for hydroxylation is 2. The van der Waals surface area contributed by atoms with Crippen LogP contribution >= 0.6 is 0 Å². The summed E-state index contributed by atoms with van der Waals surface area (Å²) in [5, 5.41) is 8.82. The monoisotopic (exact) mass is 278 g/mol. The third kappa shape index (κ3) is 3.00. The molecular weight excluding hydrogens is 267 g/mol. The normalized spacial score (nSPS) is 10.4. The molecule has 0 radical (unpaired) electrons. The molecule has 20 heavy (non-hydrogen) atoms. The number of nitrogens with zero attached hydrogens (tertiary/aromatic N) is 1. The molecule has 1 aromatic carbocycles. The van der Waals surface area contributed by atoms with Gasteiger partial charge in [-0.15, -0.1) is 0 Å². The van der Waals surface area contributed by atoms with Gasteiger partial charge in [-0.25, -0.2) is 14.0 Å². The first-order valence-corrected chi connectivity index (χ1v) is 5.79. The number of halogens is 1. The Bertz CT molecular complexity index is 763. The fourth-order valence-electron chi connectivity index (χ4n) is 1.77. The third-order valence-corrected chi connectivity index (χ3v) is 2.77. The molecule has 6 nitrogen and oxygen atoms in total. The molecule has 7 heteroatoms. The fourth-order valence-corrected chi connectivity index (χ4v) is 1.77. The number of carbonyl (C=O) groups is 1. The minimum absolute atomic E-state index is 0.138. The Hall–Kier alpha value is -2.70. The molecule has 0 atom stereocenters. The van der Waals surface area contributed by atoms with Crippen molar-refractivity contribution in [2.45, 2.75) is 13.0 Å². The van der Waals surface area contributed by atoms with Gasteiger partial charge in [-0.2, -0.15) is 0 Å². The van der Waals surface area contributed by atoms with Crippen LogP contribution in [0.2, 0.25) is 0 Å². The summed E-state index contributed by atoms with van der Waals surface area (Å²) in [4.78, 5) is 35.5. The number of carboxylic acids is 1. The fraction of sp³-hybridized carbons (Fsp3) is 0.154. The molecule has 0 saturated carbocycles. The topological polar surface area (TPSA) is 92.2 Å². The SMILES string of the molecule is O=C(O)c1cn(CCc2cccc(F)c2)c(=O)[nH]c1=O. The van der Waals surface area contributed by atoms with Crippen LogP contribution in [0.1, 0.15) is 15.9 Å². The van der Waals surface area contributed by atoms with Gasteiger partial charge in [0.2, 0.25) is 0 Å². The van der Waals surface area contributed by atoms with E-state index in [4.69, 9.17) is 5.11 Å². The van der Waals surface area contributed by atoms with Crippen molar-refractivity contribution in [2.24, 2.45) is 0 Å². The van der Waals surface area contributed by atoms with Gasteiger partial charge < -0.3 is 5.11 Å². The van der Waals surface area contributed by atoms with Crippen molar-refractivity contribution in [3.63, 3.8) is 0 Å². The predicted molar refractivity (Wildman–Crippen MR) is 68.4 cm³/mol. The summed E-state index contributed by atoms with van der Waals surface area (Å²) in [7, 11) is 0. The molecule has 2 rings (SSSR count). The van der Waals surface area contributed by atoms with Crippen molar-refractivity contribution >= 4 is 5.97 Å². The molecular formula is C13H11FN2O4. The van der Waals surface area contributed by atoms with Crippen molar-refractivity contribution < 1.29 is 14.3 Å². The number of hydrogen-bond acceptors (Lipinski definition) is 3. The second-order valence-electron chi connectivity index (χ2n) is 4.18. The number of carboxylic acid groups (broad SMARTS) is 1. The van der Waals surface area contributed by atoms with Gasteiger partial charge in [0, 0.05) is 12.7 Å². The number of nitrogens with one attached hydrogen (secondary N) is 1. The quantitative estimate of drug-likeness (QED) is 0.857. The second-order valence-corrected chi connectivity index (χ2v) is 4.18. The lowest BCUT2D eigenvalue weighted by atomic mass is 10.1. The van der Waals surface area contributed by atoms with Crippen molar-refractivity contribution in [1.29, 1.82) is 0 Å². The molecule has 0 aliphatic rings. The van der Waals surface area contributed by atoms with Crippen LogP contribution in [0, 0.1) is 5.82 Å². The summed E-state index contributed by atoms with van der Waals surface area (Å²) in [5.74, 6) is -1.80. The molecule has 0 unspecified atom stereocenters. The smallest absolute Gasteiger partial charge is 0.342 e. The Kier molecular flexibility index (Phi) is 3.79. The Balaban J connectivity index is 2.26. The van der Waals surface area contributed by atoms with Crippen molar-refractivity contribution in [2.75, 3.05) is 0 Å². The van der Waals surface area contributed by atoms with E-state index in [0.717, 1.165) is 10.8 Å². The Morgan fingerprint density at radius 3 is 2.75 bits per heavy atom. The average molecular weight is 278 g/mol. The van der Waals surface area contributed by atoms with Gasteiger partial charge in [-0.3, -0.25) is 14.3 Å². The van der Waals surface area contributed by atoms with E-state index in [2.05, 4.69) is 0 Å². The maximum absolute atomic E-state index is 13.0. The van der Waals surface area contributed by atoms with Crippen LogP contribution < -0.4 is 11.2 Å². The largest absolute Gasteiger partial charge is 0.477 e. The molecule has 0 aliphatic carbocycles. The van der Waals surface area contributed by atoms with E-state index in [-0.39, 0.29) is 12.4 Å². The lowest BCUT2D eigenvalue weighted by Crippen LogP contribution is -2.33. The molecule has 1 heterocycles. The minimum Gasteiger partial charge on any atom is -0.477 e. The van der Waals surface area contributed by atoms with Gasteiger partial charge in [0.15, 0.2) is 0 Å². The van der Waals surface area contributed by atoms with E-state index >= 15 is 0 Å². The number of hydrogen-bond donors (Lipinski definition) is 2. The Morgan fingerprint density at radius 1 is 1.35 bits per heavy atom. The molecule has 1 aromatic heterocycles.